The molecule has 1 N–H and O–H groups in total. The summed E-state index contributed by atoms with van der Waals surface area (Å²) in [7, 11) is 0. The third-order valence-corrected chi connectivity index (χ3v) is 3.74. The zero-order valence-electron chi connectivity index (χ0n) is 13.2. The molecule has 0 saturated heterocycles. The van der Waals surface area contributed by atoms with Crippen LogP contribution in [0, 0.1) is 11.3 Å². The van der Waals surface area contributed by atoms with E-state index in [1.54, 1.807) is 6.07 Å². The lowest BCUT2D eigenvalue weighted by Gasteiger charge is -2.26. The molecule has 0 heterocycles. The van der Waals surface area contributed by atoms with Crippen LogP contribution in [0.25, 0.3) is 0 Å². The van der Waals surface area contributed by atoms with Crippen LogP contribution in [0.1, 0.15) is 30.0 Å². The maximum absolute atomic E-state index is 11.0. The van der Waals surface area contributed by atoms with Crippen molar-refractivity contribution in [3.63, 3.8) is 0 Å². The first-order chi connectivity index (χ1) is 11.1. The number of carboxylic acids is 1. The van der Waals surface area contributed by atoms with Gasteiger partial charge in [-0.2, -0.15) is 5.26 Å². The van der Waals surface area contributed by atoms with Gasteiger partial charge in [0.1, 0.15) is 0 Å². The van der Waals surface area contributed by atoms with Gasteiger partial charge in [-0.3, -0.25) is 4.79 Å². The standard InChI is InChI=1S/C19H20N2O2/c1-2-17-8-3-4-9-18(17)21(11-10-19(22)23)14-16-7-5-6-15(12-16)13-20/h3-9,12H,2,10-11,14H2,1H3,(H,22,23). The van der Waals surface area contributed by atoms with E-state index in [0.717, 1.165) is 17.7 Å². The average Bonchev–Trinajstić information content (AvgIpc) is 2.58. The molecule has 2 aromatic carbocycles. The fourth-order valence-electron chi connectivity index (χ4n) is 2.59. The molecule has 118 valence electrons. The Kier molecular flexibility index (Phi) is 5.76. The molecule has 0 fully saturated rings. The number of nitriles is 1. The zero-order valence-corrected chi connectivity index (χ0v) is 13.2. The summed E-state index contributed by atoms with van der Waals surface area (Å²) >= 11 is 0. The van der Waals surface area contributed by atoms with Gasteiger partial charge in [0.2, 0.25) is 0 Å². The number of rotatable bonds is 7. The molecule has 0 aromatic heterocycles. The third-order valence-electron chi connectivity index (χ3n) is 3.74. The highest BCUT2D eigenvalue weighted by atomic mass is 16.4. The topological polar surface area (TPSA) is 64.3 Å². The lowest BCUT2D eigenvalue weighted by atomic mass is 10.1. The predicted octanol–water partition coefficient (Wildman–Crippen LogP) is 3.60. The summed E-state index contributed by atoms with van der Waals surface area (Å²) in [5, 5.41) is 18.0. The number of hydrogen-bond acceptors (Lipinski definition) is 3. The number of aryl methyl sites for hydroxylation is 1. The number of nitrogens with zero attached hydrogens (tertiary/aromatic N) is 2. The molecule has 0 aliphatic rings. The van der Waals surface area contributed by atoms with Crippen LogP contribution >= 0.6 is 0 Å². The van der Waals surface area contributed by atoms with Crippen LogP contribution < -0.4 is 4.90 Å². The number of aliphatic carboxylic acids is 1. The van der Waals surface area contributed by atoms with Crippen LogP contribution in [0.4, 0.5) is 5.69 Å². The van der Waals surface area contributed by atoms with Gasteiger partial charge >= 0.3 is 5.97 Å². The Balaban J connectivity index is 2.30. The molecule has 0 aliphatic carbocycles. The van der Waals surface area contributed by atoms with Crippen molar-refractivity contribution in [3.05, 3.63) is 65.2 Å². The summed E-state index contributed by atoms with van der Waals surface area (Å²) in [6.45, 7) is 3.10. The number of carboxylic acid groups (broad SMARTS) is 1. The molecule has 0 radical (unpaired) electrons. The molecule has 0 bridgehead atoms. The number of anilines is 1. The summed E-state index contributed by atoms with van der Waals surface area (Å²) in [4.78, 5) is 13.0. The van der Waals surface area contributed by atoms with E-state index in [4.69, 9.17) is 10.4 Å². The monoisotopic (exact) mass is 308 g/mol. The van der Waals surface area contributed by atoms with E-state index in [9.17, 15) is 4.79 Å². The van der Waals surface area contributed by atoms with Gasteiger partial charge in [-0.1, -0.05) is 37.3 Å². The fourth-order valence-corrected chi connectivity index (χ4v) is 2.59. The predicted molar refractivity (Wildman–Crippen MR) is 90.3 cm³/mol. The number of hydrogen-bond donors (Lipinski definition) is 1. The molecular formula is C19H20N2O2. The first kappa shape index (κ1) is 16.6. The third kappa shape index (κ3) is 4.58. The first-order valence-electron chi connectivity index (χ1n) is 7.67. The Hall–Kier alpha value is -2.80. The Morgan fingerprint density at radius 3 is 2.70 bits per heavy atom. The second-order valence-corrected chi connectivity index (χ2v) is 5.36. The molecule has 0 amide bonds. The minimum atomic E-state index is -0.810. The van der Waals surface area contributed by atoms with E-state index >= 15 is 0 Å². The molecule has 23 heavy (non-hydrogen) atoms. The summed E-state index contributed by atoms with van der Waals surface area (Å²) in [5.41, 5.74) is 3.86. The zero-order chi connectivity index (χ0) is 16.7. The lowest BCUT2D eigenvalue weighted by Crippen LogP contribution is -2.26. The van der Waals surface area contributed by atoms with Crippen molar-refractivity contribution in [1.82, 2.24) is 0 Å². The highest BCUT2D eigenvalue weighted by Gasteiger charge is 2.12. The van der Waals surface area contributed by atoms with Crippen molar-refractivity contribution in [2.75, 3.05) is 11.4 Å². The summed E-state index contributed by atoms with van der Waals surface area (Å²) < 4.78 is 0. The number of carbonyl (C=O) groups is 1. The highest BCUT2D eigenvalue weighted by Crippen LogP contribution is 2.23. The van der Waals surface area contributed by atoms with Crippen LogP contribution in [0.5, 0.6) is 0 Å². The van der Waals surface area contributed by atoms with Crippen LogP contribution in [0.2, 0.25) is 0 Å². The molecule has 4 heteroatoms. The Morgan fingerprint density at radius 2 is 2.00 bits per heavy atom. The van der Waals surface area contributed by atoms with E-state index in [1.165, 1.54) is 5.56 Å². The van der Waals surface area contributed by atoms with Crippen molar-refractivity contribution in [2.45, 2.75) is 26.3 Å². The van der Waals surface area contributed by atoms with Gasteiger partial charge in [0, 0.05) is 18.8 Å². The van der Waals surface area contributed by atoms with Crippen molar-refractivity contribution < 1.29 is 9.90 Å². The maximum Gasteiger partial charge on any atom is 0.305 e. The Bertz CT molecular complexity index is 719. The minimum Gasteiger partial charge on any atom is -0.481 e. The van der Waals surface area contributed by atoms with Gasteiger partial charge in [0.15, 0.2) is 0 Å². The second-order valence-electron chi connectivity index (χ2n) is 5.36. The van der Waals surface area contributed by atoms with Gasteiger partial charge in [0.05, 0.1) is 18.1 Å². The first-order valence-corrected chi connectivity index (χ1v) is 7.67. The van der Waals surface area contributed by atoms with Gasteiger partial charge < -0.3 is 10.0 Å². The molecule has 0 spiro atoms. The Morgan fingerprint density at radius 1 is 1.22 bits per heavy atom. The van der Waals surface area contributed by atoms with Gasteiger partial charge in [0.25, 0.3) is 0 Å². The molecular weight excluding hydrogens is 288 g/mol. The van der Waals surface area contributed by atoms with Gasteiger partial charge in [-0.05, 0) is 35.7 Å². The van der Waals surface area contributed by atoms with Crippen molar-refractivity contribution >= 4 is 11.7 Å². The fraction of sp³-hybridized carbons (Fsp3) is 0.263. The molecule has 0 unspecified atom stereocenters. The number of para-hydroxylation sites is 1. The molecule has 4 nitrogen and oxygen atoms in total. The van der Waals surface area contributed by atoms with E-state index in [0.29, 0.717) is 18.7 Å². The average molecular weight is 308 g/mol. The van der Waals surface area contributed by atoms with E-state index in [2.05, 4.69) is 24.0 Å². The molecule has 0 aliphatic heterocycles. The molecule has 0 saturated carbocycles. The highest BCUT2D eigenvalue weighted by molar-refractivity contribution is 5.68. The summed E-state index contributed by atoms with van der Waals surface area (Å²) in [6.07, 6.45) is 0.966. The largest absolute Gasteiger partial charge is 0.481 e. The van der Waals surface area contributed by atoms with Crippen LogP contribution in [-0.2, 0) is 17.8 Å². The summed E-state index contributed by atoms with van der Waals surface area (Å²) in [5.74, 6) is -0.810. The van der Waals surface area contributed by atoms with Gasteiger partial charge in [-0.15, -0.1) is 0 Å². The van der Waals surface area contributed by atoms with Crippen molar-refractivity contribution in [2.24, 2.45) is 0 Å². The lowest BCUT2D eigenvalue weighted by molar-refractivity contribution is -0.136. The normalized spacial score (nSPS) is 10.1. The minimum absolute atomic E-state index is 0.0794. The molecule has 0 atom stereocenters. The second kappa shape index (κ2) is 8.00. The molecule has 2 aromatic rings. The SMILES string of the molecule is CCc1ccccc1N(CCC(=O)O)Cc1cccc(C#N)c1. The van der Waals surface area contributed by atoms with Crippen LogP contribution in [0.3, 0.4) is 0 Å². The van der Waals surface area contributed by atoms with Crippen LogP contribution in [0.15, 0.2) is 48.5 Å². The number of benzene rings is 2. The van der Waals surface area contributed by atoms with E-state index in [1.807, 2.05) is 36.4 Å². The Labute approximate surface area is 136 Å². The quantitative estimate of drug-likeness (QED) is 0.848. The maximum atomic E-state index is 11.0. The molecule has 2 rings (SSSR count). The summed E-state index contributed by atoms with van der Waals surface area (Å²) in [6, 6.07) is 17.6. The van der Waals surface area contributed by atoms with Gasteiger partial charge in [-0.25, -0.2) is 0 Å². The van der Waals surface area contributed by atoms with Crippen LogP contribution in [-0.4, -0.2) is 17.6 Å². The van der Waals surface area contributed by atoms with E-state index < -0.39 is 5.97 Å². The van der Waals surface area contributed by atoms with Crippen molar-refractivity contribution in [1.29, 1.82) is 5.26 Å². The smallest absolute Gasteiger partial charge is 0.305 e. The van der Waals surface area contributed by atoms with E-state index in [-0.39, 0.29) is 6.42 Å². The van der Waals surface area contributed by atoms with Crippen molar-refractivity contribution in [3.8, 4) is 6.07 Å².